The molecule has 124 valence electrons. The molecule has 2 aromatic carbocycles. The maximum atomic E-state index is 11.7. The molecule has 0 bridgehead atoms. The lowest BCUT2D eigenvalue weighted by atomic mass is 10.2. The number of hydrogen-bond acceptors (Lipinski definition) is 5. The first kappa shape index (κ1) is 16.4. The molecular weight excluding hydrogens is 355 g/mol. The van der Waals surface area contributed by atoms with Crippen LogP contribution in [0.1, 0.15) is 5.56 Å². The molecule has 0 saturated carbocycles. The summed E-state index contributed by atoms with van der Waals surface area (Å²) in [4.78, 5) is 11.7. The summed E-state index contributed by atoms with van der Waals surface area (Å²) in [5.41, 5.74) is 2.95. The van der Waals surface area contributed by atoms with Gasteiger partial charge in [-0.1, -0.05) is 23.2 Å². The van der Waals surface area contributed by atoms with Crippen molar-refractivity contribution in [3.05, 3.63) is 52.0 Å². The van der Waals surface area contributed by atoms with Gasteiger partial charge in [0.05, 0.1) is 11.2 Å². The number of nitrogens with one attached hydrogen (secondary N) is 1. The van der Waals surface area contributed by atoms with Gasteiger partial charge < -0.3 is 14.2 Å². The molecule has 0 radical (unpaired) electrons. The first-order valence-electron chi connectivity index (χ1n) is 6.91. The molecule has 1 amide bonds. The third kappa shape index (κ3) is 4.10. The molecule has 8 heteroatoms. The van der Waals surface area contributed by atoms with Gasteiger partial charge in [-0.25, -0.2) is 5.43 Å². The highest BCUT2D eigenvalue weighted by Crippen LogP contribution is 2.36. The number of carbonyl (C=O) groups is 1. The van der Waals surface area contributed by atoms with Crippen LogP contribution in [0, 0.1) is 0 Å². The summed E-state index contributed by atoms with van der Waals surface area (Å²) >= 11 is 11.9. The molecule has 1 heterocycles. The zero-order valence-corrected chi connectivity index (χ0v) is 13.8. The number of benzene rings is 2. The predicted octanol–water partition coefficient (Wildman–Crippen LogP) is 3.25. The van der Waals surface area contributed by atoms with Crippen LogP contribution in [-0.4, -0.2) is 25.5 Å². The molecular formula is C16H12Cl2N2O4. The van der Waals surface area contributed by atoms with E-state index in [0.29, 0.717) is 32.9 Å². The summed E-state index contributed by atoms with van der Waals surface area (Å²) in [6.07, 6.45) is 1.42. The Labute approximate surface area is 147 Å². The van der Waals surface area contributed by atoms with Gasteiger partial charge in [-0.2, -0.15) is 5.10 Å². The maximum Gasteiger partial charge on any atom is 0.277 e. The van der Waals surface area contributed by atoms with E-state index in [1.165, 1.54) is 6.21 Å². The van der Waals surface area contributed by atoms with Crippen molar-refractivity contribution in [2.24, 2.45) is 5.10 Å². The number of nitrogens with zero attached hydrogens (tertiary/aromatic N) is 1. The highest BCUT2D eigenvalue weighted by molar-refractivity contribution is 6.33. The van der Waals surface area contributed by atoms with E-state index in [1.54, 1.807) is 36.4 Å². The van der Waals surface area contributed by atoms with E-state index in [4.69, 9.17) is 37.4 Å². The van der Waals surface area contributed by atoms with Gasteiger partial charge in [-0.05, 0) is 30.3 Å². The molecule has 24 heavy (non-hydrogen) atoms. The standard InChI is InChI=1S/C16H12Cl2N2O4/c17-11-1-3-12(4-2-11)22-8-16(21)20-19-7-10-5-14-15(6-13(10)18)24-9-23-14/h1-7H,8-9H2,(H,20,21). The molecule has 1 aliphatic rings. The van der Waals surface area contributed by atoms with E-state index >= 15 is 0 Å². The SMILES string of the molecule is O=C(COc1ccc(Cl)cc1)NN=Cc1cc2c(cc1Cl)OCO2. The van der Waals surface area contributed by atoms with Crippen molar-refractivity contribution in [2.75, 3.05) is 13.4 Å². The Balaban J connectivity index is 1.52. The Kier molecular flexibility index (Phi) is 5.08. The number of halogens is 2. The van der Waals surface area contributed by atoms with Gasteiger partial charge in [0.25, 0.3) is 5.91 Å². The first-order chi connectivity index (χ1) is 11.6. The Hall–Kier alpha value is -2.44. The van der Waals surface area contributed by atoms with Crippen molar-refractivity contribution < 1.29 is 19.0 Å². The van der Waals surface area contributed by atoms with E-state index in [0.717, 1.165) is 0 Å². The smallest absolute Gasteiger partial charge is 0.277 e. The van der Waals surface area contributed by atoms with Crippen molar-refractivity contribution in [3.8, 4) is 17.2 Å². The molecule has 0 aromatic heterocycles. The van der Waals surface area contributed by atoms with Crippen LogP contribution in [0.5, 0.6) is 17.2 Å². The second-order valence-electron chi connectivity index (χ2n) is 4.76. The van der Waals surface area contributed by atoms with Gasteiger partial charge in [0, 0.05) is 16.7 Å². The Morgan fingerprint density at radius 3 is 2.67 bits per heavy atom. The van der Waals surface area contributed by atoms with E-state index in [-0.39, 0.29) is 13.4 Å². The van der Waals surface area contributed by atoms with Gasteiger partial charge in [-0.15, -0.1) is 0 Å². The monoisotopic (exact) mass is 366 g/mol. The van der Waals surface area contributed by atoms with E-state index in [1.807, 2.05) is 0 Å². The third-order valence-corrected chi connectivity index (χ3v) is 3.65. The number of ether oxygens (including phenoxy) is 3. The van der Waals surface area contributed by atoms with Crippen LogP contribution >= 0.6 is 23.2 Å². The summed E-state index contributed by atoms with van der Waals surface area (Å²) in [6, 6.07) is 10.0. The lowest BCUT2D eigenvalue weighted by Gasteiger charge is -2.05. The minimum atomic E-state index is -0.405. The highest BCUT2D eigenvalue weighted by atomic mass is 35.5. The van der Waals surface area contributed by atoms with Crippen LogP contribution in [0.4, 0.5) is 0 Å². The van der Waals surface area contributed by atoms with Crippen LogP contribution in [0.25, 0.3) is 0 Å². The van der Waals surface area contributed by atoms with Crippen LogP contribution in [0.2, 0.25) is 10.0 Å². The maximum absolute atomic E-state index is 11.7. The van der Waals surface area contributed by atoms with E-state index in [9.17, 15) is 4.79 Å². The lowest BCUT2D eigenvalue weighted by molar-refractivity contribution is -0.123. The van der Waals surface area contributed by atoms with Gasteiger partial charge in [0.2, 0.25) is 6.79 Å². The summed E-state index contributed by atoms with van der Waals surface area (Å²) in [7, 11) is 0. The molecule has 6 nitrogen and oxygen atoms in total. The minimum Gasteiger partial charge on any atom is -0.484 e. The summed E-state index contributed by atoms with van der Waals surface area (Å²) in [5, 5.41) is 4.88. The normalized spacial score (nSPS) is 12.4. The second kappa shape index (κ2) is 7.42. The molecule has 0 saturated heterocycles. The zero-order chi connectivity index (χ0) is 16.9. The summed E-state index contributed by atoms with van der Waals surface area (Å²) in [5.74, 6) is 1.30. The molecule has 1 N–H and O–H groups in total. The highest BCUT2D eigenvalue weighted by Gasteiger charge is 2.15. The number of hydrazone groups is 1. The molecule has 0 fully saturated rings. The fourth-order valence-corrected chi connectivity index (χ4v) is 2.25. The number of amides is 1. The van der Waals surface area contributed by atoms with Crippen molar-refractivity contribution in [2.45, 2.75) is 0 Å². The van der Waals surface area contributed by atoms with Gasteiger partial charge in [0.15, 0.2) is 18.1 Å². The van der Waals surface area contributed by atoms with Crippen LogP contribution in [0.15, 0.2) is 41.5 Å². The topological polar surface area (TPSA) is 69.2 Å². The molecule has 0 spiro atoms. The quantitative estimate of drug-likeness (QED) is 0.651. The fourth-order valence-electron chi connectivity index (χ4n) is 1.92. The van der Waals surface area contributed by atoms with Crippen molar-refractivity contribution >= 4 is 35.3 Å². The second-order valence-corrected chi connectivity index (χ2v) is 5.61. The number of rotatable bonds is 5. The molecule has 0 unspecified atom stereocenters. The fraction of sp³-hybridized carbons (Fsp3) is 0.125. The van der Waals surface area contributed by atoms with E-state index < -0.39 is 5.91 Å². The average molecular weight is 367 g/mol. The minimum absolute atomic E-state index is 0.158. The van der Waals surface area contributed by atoms with Crippen molar-refractivity contribution in [1.82, 2.24) is 5.43 Å². The summed E-state index contributed by atoms with van der Waals surface area (Å²) in [6.45, 7) is -0.0150. The molecule has 3 rings (SSSR count). The Bertz CT molecular complexity index is 778. The lowest BCUT2D eigenvalue weighted by Crippen LogP contribution is -2.24. The molecule has 0 atom stereocenters. The van der Waals surface area contributed by atoms with Gasteiger partial charge in [0.1, 0.15) is 5.75 Å². The first-order valence-corrected chi connectivity index (χ1v) is 7.67. The number of hydrogen-bond donors (Lipinski definition) is 1. The molecule has 2 aromatic rings. The Morgan fingerprint density at radius 1 is 1.21 bits per heavy atom. The molecule has 1 aliphatic heterocycles. The van der Waals surface area contributed by atoms with Gasteiger partial charge in [-0.3, -0.25) is 4.79 Å². The van der Waals surface area contributed by atoms with Crippen molar-refractivity contribution in [3.63, 3.8) is 0 Å². The third-order valence-electron chi connectivity index (χ3n) is 3.07. The van der Waals surface area contributed by atoms with Gasteiger partial charge >= 0.3 is 0 Å². The van der Waals surface area contributed by atoms with Crippen molar-refractivity contribution in [1.29, 1.82) is 0 Å². The number of carbonyl (C=O) groups excluding carboxylic acids is 1. The van der Waals surface area contributed by atoms with Crippen LogP contribution < -0.4 is 19.6 Å². The average Bonchev–Trinajstić information content (AvgIpc) is 3.01. The largest absolute Gasteiger partial charge is 0.484 e. The van der Waals surface area contributed by atoms with E-state index in [2.05, 4.69) is 10.5 Å². The Morgan fingerprint density at radius 2 is 1.92 bits per heavy atom. The van der Waals surface area contributed by atoms with Crippen LogP contribution in [-0.2, 0) is 4.79 Å². The van der Waals surface area contributed by atoms with Crippen LogP contribution in [0.3, 0.4) is 0 Å². The number of fused-ring (bicyclic) bond motifs is 1. The zero-order valence-electron chi connectivity index (χ0n) is 12.3. The molecule has 0 aliphatic carbocycles. The predicted molar refractivity (Wildman–Crippen MR) is 90.3 cm³/mol. The summed E-state index contributed by atoms with van der Waals surface area (Å²) < 4.78 is 15.8.